The summed E-state index contributed by atoms with van der Waals surface area (Å²) in [5.41, 5.74) is 1.14. The molecule has 146 valence electrons. The predicted molar refractivity (Wildman–Crippen MR) is 108 cm³/mol. The first-order valence-electron chi connectivity index (χ1n) is 8.45. The number of thioether (sulfide) groups is 1. The second-order valence-corrected chi connectivity index (χ2v) is 7.74. The second kappa shape index (κ2) is 8.21. The fourth-order valence-corrected chi connectivity index (χ4v) is 4.32. The molecule has 0 spiro atoms. The Hall–Kier alpha value is -2.56. The predicted octanol–water partition coefficient (Wildman–Crippen LogP) is 2.56. The Kier molecular flexibility index (Phi) is 5.51. The molecule has 0 radical (unpaired) electrons. The fourth-order valence-electron chi connectivity index (χ4n) is 2.71. The number of thiophene rings is 1. The molecule has 0 unspecified atom stereocenters. The van der Waals surface area contributed by atoms with E-state index >= 15 is 0 Å². The Morgan fingerprint density at radius 2 is 2.21 bits per heavy atom. The van der Waals surface area contributed by atoms with Gasteiger partial charge in [-0.25, -0.2) is 4.98 Å². The van der Waals surface area contributed by atoms with Gasteiger partial charge < -0.3 is 19.5 Å². The van der Waals surface area contributed by atoms with Crippen molar-refractivity contribution >= 4 is 44.9 Å². The Morgan fingerprint density at radius 1 is 1.36 bits per heavy atom. The lowest BCUT2D eigenvalue weighted by Gasteiger charge is -2.11. The molecule has 0 fully saturated rings. The van der Waals surface area contributed by atoms with Crippen molar-refractivity contribution in [2.75, 3.05) is 31.6 Å². The number of amides is 1. The van der Waals surface area contributed by atoms with Crippen molar-refractivity contribution in [3.63, 3.8) is 0 Å². The Labute approximate surface area is 168 Å². The summed E-state index contributed by atoms with van der Waals surface area (Å²) in [6.45, 7) is 0.941. The first-order valence-corrected chi connectivity index (χ1v) is 10.3. The van der Waals surface area contributed by atoms with Crippen molar-refractivity contribution in [2.45, 2.75) is 11.7 Å². The van der Waals surface area contributed by atoms with Crippen LogP contribution in [-0.2, 0) is 16.1 Å². The quantitative estimate of drug-likeness (QED) is 0.465. The number of fused-ring (bicyclic) bond motifs is 2. The molecule has 4 rings (SSSR count). The van der Waals surface area contributed by atoms with Gasteiger partial charge in [-0.15, -0.1) is 11.3 Å². The maximum absolute atomic E-state index is 12.7. The lowest BCUT2D eigenvalue weighted by molar-refractivity contribution is -0.113. The van der Waals surface area contributed by atoms with Gasteiger partial charge in [0, 0.05) is 18.9 Å². The van der Waals surface area contributed by atoms with Crippen LogP contribution in [0.2, 0.25) is 0 Å². The van der Waals surface area contributed by atoms with E-state index in [-0.39, 0.29) is 24.0 Å². The van der Waals surface area contributed by atoms with Crippen molar-refractivity contribution in [3.05, 3.63) is 40.0 Å². The van der Waals surface area contributed by atoms with E-state index in [1.54, 1.807) is 35.9 Å². The Bertz CT molecular complexity index is 1080. The summed E-state index contributed by atoms with van der Waals surface area (Å²) in [6.07, 6.45) is 0. The maximum Gasteiger partial charge on any atom is 0.272 e. The summed E-state index contributed by atoms with van der Waals surface area (Å²) in [4.78, 5) is 29.6. The van der Waals surface area contributed by atoms with Crippen LogP contribution < -0.4 is 20.3 Å². The van der Waals surface area contributed by atoms with Crippen molar-refractivity contribution < 1.29 is 19.0 Å². The average Bonchev–Trinajstić information content (AvgIpc) is 3.34. The van der Waals surface area contributed by atoms with Gasteiger partial charge in [0.05, 0.1) is 24.4 Å². The van der Waals surface area contributed by atoms with E-state index in [1.807, 2.05) is 5.38 Å². The zero-order chi connectivity index (χ0) is 19.5. The summed E-state index contributed by atoms with van der Waals surface area (Å²) in [5.74, 6) is 1.16. The van der Waals surface area contributed by atoms with Gasteiger partial charge in [-0.1, -0.05) is 11.8 Å². The van der Waals surface area contributed by atoms with Crippen LogP contribution in [0, 0.1) is 0 Å². The molecule has 2 aromatic heterocycles. The maximum atomic E-state index is 12.7. The second-order valence-electron chi connectivity index (χ2n) is 5.88. The van der Waals surface area contributed by atoms with Gasteiger partial charge in [-0.2, -0.15) is 0 Å². The summed E-state index contributed by atoms with van der Waals surface area (Å²) in [7, 11) is 1.58. The van der Waals surface area contributed by atoms with Crippen molar-refractivity contribution in [3.8, 4) is 11.5 Å². The van der Waals surface area contributed by atoms with Gasteiger partial charge in [-0.05, 0) is 23.6 Å². The smallest absolute Gasteiger partial charge is 0.272 e. The molecule has 0 saturated carbocycles. The minimum absolute atomic E-state index is 0.115. The molecule has 10 heteroatoms. The number of rotatable bonds is 7. The molecule has 1 N–H and O–H groups in total. The molecular weight excluding hydrogens is 402 g/mol. The zero-order valence-electron chi connectivity index (χ0n) is 15.0. The molecule has 28 heavy (non-hydrogen) atoms. The number of nitrogens with one attached hydrogen (secondary N) is 1. The van der Waals surface area contributed by atoms with E-state index < -0.39 is 0 Å². The van der Waals surface area contributed by atoms with Crippen LogP contribution in [-0.4, -0.2) is 41.7 Å². The molecule has 3 heterocycles. The molecule has 0 aliphatic carbocycles. The van der Waals surface area contributed by atoms with E-state index in [0.717, 1.165) is 0 Å². The van der Waals surface area contributed by atoms with Crippen molar-refractivity contribution in [1.29, 1.82) is 0 Å². The van der Waals surface area contributed by atoms with E-state index in [9.17, 15) is 9.59 Å². The van der Waals surface area contributed by atoms with Gasteiger partial charge in [0.2, 0.25) is 12.7 Å². The highest BCUT2D eigenvalue weighted by atomic mass is 32.2. The lowest BCUT2D eigenvalue weighted by Crippen LogP contribution is -2.25. The van der Waals surface area contributed by atoms with Crippen LogP contribution in [0.4, 0.5) is 5.69 Å². The van der Waals surface area contributed by atoms with Gasteiger partial charge in [0.15, 0.2) is 16.7 Å². The zero-order valence-corrected chi connectivity index (χ0v) is 16.6. The number of methoxy groups -OCH3 is 1. The number of nitrogens with zero attached hydrogens (tertiary/aromatic N) is 2. The largest absolute Gasteiger partial charge is 0.454 e. The molecule has 1 amide bonds. The normalized spacial score (nSPS) is 12.5. The molecule has 3 aromatic rings. The average molecular weight is 419 g/mol. The summed E-state index contributed by atoms with van der Waals surface area (Å²) >= 11 is 2.57. The summed E-state index contributed by atoms with van der Waals surface area (Å²) < 4.78 is 17.8. The molecule has 0 bridgehead atoms. The summed E-state index contributed by atoms with van der Waals surface area (Å²) in [5, 5.41) is 5.15. The van der Waals surface area contributed by atoms with Crippen LogP contribution in [0.25, 0.3) is 10.2 Å². The van der Waals surface area contributed by atoms with Gasteiger partial charge in [0.25, 0.3) is 5.56 Å². The number of carbonyl (C=O) groups is 1. The standard InChI is InChI=1S/C18H17N3O5S2/c1-24-6-5-21-17(23)16-12(4-7-27-16)20-18(21)28-9-15(22)19-11-2-3-13-14(8-11)26-10-25-13/h2-4,7-8H,5-6,9-10H2,1H3,(H,19,22). The minimum atomic E-state index is -0.207. The highest BCUT2D eigenvalue weighted by Gasteiger charge is 2.16. The first-order chi connectivity index (χ1) is 13.7. The van der Waals surface area contributed by atoms with Gasteiger partial charge >= 0.3 is 0 Å². The summed E-state index contributed by atoms with van der Waals surface area (Å²) in [6, 6.07) is 7.02. The van der Waals surface area contributed by atoms with Crippen molar-refractivity contribution in [1.82, 2.24) is 9.55 Å². The lowest BCUT2D eigenvalue weighted by atomic mass is 10.3. The molecule has 8 nitrogen and oxygen atoms in total. The molecule has 0 saturated heterocycles. The number of hydrogen-bond donors (Lipinski definition) is 1. The van der Waals surface area contributed by atoms with E-state index in [4.69, 9.17) is 14.2 Å². The number of ether oxygens (including phenoxy) is 3. The van der Waals surface area contributed by atoms with Crippen LogP contribution in [0.5, 0.6) is 11.5 Å². The number of benzene rings is 1. The Balaban J connectivity index is 1.48. The monoisotopic (exact) mass is 419 g/mol. The molecule has 1 aliphatic rings. The van der Waals surface area contributed by atoms with Crippen LogP contribution in [0.15, 0.2) is 39.6 Å². The van der Waals surface area contributed by atoms with Crippen molar-refractivity contribution in [2.24, 2.45) is 0 Å². The number of anilines is 1. The molecule has 1 aliphatic heterocycles. The van der Waals surface area contributed by atoms with E-state index in [1.165, 1.54) is 23.1 Å². The number of hydrogen-bond acceptors (Lipinski definition) is 8. The first kappa shape index (κ1) is 18.8. The highest BCUT2D eigenvalue weighted by Crippen LogP contribution is 2.34. The van der Waals surface area contributed by atoms with E-state index in [0.29, 0.717) is 45.7 Å². The molecule has 0 atom stereocenters. The van der Waals surface area contributed by atoms with Crippen LogP contribution >= 0.6 is 23.1 Å². The van der Waals surface area contributed by atoms with E-state index in [2.05, 4.69) is 10.3 Å². The highest BCUT2D eigenvalue weighted by molar-refractivity contribution is 7.99. The number of carbonyl (C=O) groups excluding carboxylic acids is 1. The van der Waals surface area contributed by atoms with Crippen LogP contribution in [0.3, 0.4) is 0 Å². The third-order valence-corrected chi connectivity index (χ3v) is 5.91. The van der Waals surface area contributed by atoms with Crippen LogP contribution in [0.1, 0.15) is 0 Å². The Morgan fingerprint density at radius 3 is 3.07 bits per heavy atom. The third-order valence-electron chi connectivity index (χ3n) is 4.04. The molecular formula is C18H17N3O5S2. The fraction of sp³-hybridized carbons (Fsp3) is 0.278. The third kappa shape index (κ3) is 3.84. The topological polar surface area (TPSA) is 91.7 Å². The molecule has 1 aromatic carbocycles. The number of aromatic nitrogens is 2. The SMILES string of the molecule is COCCn1c(SCC(=O)Nc2ccc3c(c2)OCO3)nc2ccsc2c1=O. The van der Waals surface area contributed by atoms with Gasteiger partial charge in [-0.3, -0.25) is 14.2 Å². The minimum Gasteiger partial charge on any atom is -0.454 e. The van der Waals surface area contributed by atoms with Gasteiger partial charge in [0.1, 0.15) is 4.70 Å².